The zero-order chi connectivity index (χ0) is 11.7. The van der Waals surface area contributed by atoms with Crippen molar-refractivity contribution in [3.8, 4) is 5.69 Å². The summed E-state index contributed by atoms with van der Waals surface area (Å²) in [6.07, 6.45) is 6.48. The fourth-order valence-corrected chi connectivity index (χ4v) is 1.77. The van der Waals surface area contributed by atoms with Crippen LogP contribution in [0.1, 0.15) is 0 Å². The van der Waals surface area contributed by atoms with Crippen LogP contribution < -0.4 is 5.43 Å². The predicted molar refractivity (Wildman–Crippen MR) is 65.1 cm³/mol. The molecule has 0 fully saturated rings. The molecule has 0 amide bonds. The minimum absolute atomic E-state index is 0.102. The molecule has 2 aromatic heterocycles. The van der Waals surface area contributed by atoms with Crippen LogP contribution in [0.4, 0.5) is 0 Å². The van der Waals surface area contributed by atoms with E-state index >= 15 is 0 Å². The van der Waals surface area contributed by atoms with E-state index in [0.717, 1.165) is 16.5 Å². The van der Waals surface area contributed by atoms with Crippen LogP contribution in [-0.2, 0) is 0 Å². The summed E-state index contributed by atoms with van der Waals surface area (Å²) in [4.78, 5) is 15.2. The maximum absolute atomic E-state index is 11.0. The third kappa shape index (κ3) is 1.69. The minimum Gasteiger partial charge on any atom is -0.288 e. The van der Waals surface area contributed by atoms with Crippen LogP contribution in [0.2, 0.25) is 0 Å². The molecule has 0 spiro atoms. The van der Waals surface area contributed by atoms with Crippen LogP contribution in [0.3, 0.4) is 0 Å². The van der Waals surface area contributed by atoms with Gasteiger partial charge in [0.15, 0.2) is 5.43 Å². The molecule has 0 atom stereocenters. The Morgan fingerprint density at radius 2 is 1.88 bits per heavy atom. The zero-order valence-electron chi connectivity index (χ0n) is 8.95. The van der Waals surface area contributed by atoms with Gasteiger partial charge >= 0.3 is 0 Å². The molecule has 0 bridgehead atoms. The van der Waals surface area contributed by atoms with Crippen molar-refractivity contribution in [1.29, 1.82) is 0 Å². The lowest BCUT2D eigenvalue weighted by Crippen LogP contribution is -2.07. The van der Waals surface area contributed by atoms with Crippen LogP contribution in [0.5, 0.6) is 0 Å². The van der Waals surface area contributed by atoms with Gasteiger partial charge in [0.25, 0.3) is 0 Å². The number of nitrogens with zero attached hydrogens (tertiary/aromatic N) is 3. The summed E-state index contributed by atoms with van der Waals surface area (Å²) < 4.78 is 1.65. The standard InChI is InChI=1S/C13H9N3O/c17-11-5-6-16(15-8-11)13-9-14-7-10-3-1-2-4-12(10)13/h1-9H. The van der Waals surface area contributed by atoms with E-state index in [-0.39, 0.29) is 5.43 Å². The second-order valence-electron chi connectivity index (χ2n) is 3.69. The Labute approximate surface area is 97.2 Å². The number of hydrogen-bond acceptors (Lipinski definition) is 3. The van der Waals surface area contributed by atoms with E-state index in [1.165, 1.54) is 12.3 Å². The van der Waals surface area contributed by atoms with Gasteiger partial charge in [-0.3, -0.25) is 9.78 Å². The van der Waals surface area contributed by atoms with Gasteiger partial charge in [-0.1, -0.05) is 24.3 Å². The molecule has 0 aliphatic heterocycles. The lowest BCUT2D eigenvalue weighted by Gasteiger charge is -2.07. The Balaban J connectivity index is 2.30. The summed E-state index contributed by atoms with van der Waals surface area (Å²) in [7, 11) is 0. The molecular weight excluding hydrogens is 214 g/mol. The van der Waals surface area contributed by atoms with Crippen molar-refractivity contribution in [2.45, 2.75) is 0 Å². The molecule has 2 heterocycles. The number of aromatic nitrogens is 3. The molecule has 0 saturated heterocycles. The van der Waals surface area contributed by atoms with Crippen molar-refractivity contribution in [3.63, 3.8) is 0 Å². The first-order valence-electron chi connectivity index (χ1n) is 5.23. The van der Waals surface area contributed by atoms with E-state index in [4.69, 9.17) is 0 Å². The van der Waals surface area contributed by atoms with E-state index in [1.807, 2.05) is 24.3 Å². The highest BCUT2D eigenvalue weighted by Gasteiger charge is 2.02. The molecule has 82 valence electrons. The molecule has 1 aromatic carbocycles. The molecule has 0 aliphatic rings. The molecule has 4 heteroatoms. The minimum atomic E-state index is -0.102. The van der Waals surface area contributed by atoms with E-state index in [1.54, 1.807) is 23.3 Å². The van der Waals surface area contributed by atoms with Crippen LogP contribution in [0.25, 0.3) is 16.5 Å². The number of fused-ring (bicyclic) bond motifs is 1. The van der Waals surface area contributed by atoms with Crippen molar-refractivity contribution in [2.75, 3.05) is 0 Å². The van der Waals surface area contributed by atoms with Crippen LogP contribution in [0, 0.1) is 0 Å². The SMILES string of the molecule is O=c1ccn(-c2cncc3ccccc23)nc1. The Kier molecular flexibility index (Phi) is 2.19. The van der Waals surface area contributed by atoms with Crippen molar-refractivity contribution in [2.24, 2.45) is 0 Å². The van der Waals surface area contributed by atoms with Gasteiger partial charge in [-0.15, -0.1) is 0 Å². The number of benzene rings is 1. The highest BCUT2D eigenvalue weighted by Crippen LogP contribution is 2.19. The monoisotopic (exact) mass is 223 g/mol. The van der Waals surface area contributed by atoms with Crippen LogP contribution >= 0.6 is 0 Å². The summed E-state index contributed by atoms with van der Waals surface area (Å²) in [5.41, 5.74) is 0.762. The number of hydrogen-bond donors (Lipinski definition) is 0. The highest BCUT2D eigenvalue weighted by molar-refractivity contribution is 5.88. The Hall–Kier alpha value is -2.49. The van der Waals surface area contributed by atoms with Crippen molar-refractivity contribution < 1.29 is 0 Å². The lowest BCUT2D eigenvalue weighted by molar-refractivity contribution is 0.838. The van der Waals surface area contributed by atoms with Crippen LogP contribution in [0.15, 0.2) is 59.9 Å². The fraction of sp³-hybridized carbons (Fsp3) is 0. The number of rotatable bonds is 1. The van der Waals surface area contributed by atoms with E-state index in [9.17, 15) is 4.79 Å². The molecule has 0 radical (unpaired) electrons. The van der Waals surface area contributed by atoms with Gasteiger partial charge in [-0.2, -0.15) is 5.10 Å². The van der Waals surface area contributed by atoms with Gasteiger partial charge in [0.2, 0.25) is 0 Å². The summed E-state index contributed by atoms with van der Waals surface area (Å²) in [5.74, 6) is 0. The van der Waals surface area contributed by atoms with Crippen molar-refractivity contribution in [1.82, 2.24) is 14.8 Å². The highest BCUT2D eigenvalue weighted by atomic mass is 16.1. The Bertz CT molecular complexity index is 708. The second-order valence-corrected chi connectivity index (χ2v) is 3.69. The molecular formula is C13H9N3O. The van der Waals surface area contributed by atoms with Gasteiger partial charge in [0, 0.05) is 29.2 Å². The van der Waals surface area contributed by atoms with Gasteiger partial charge in [0.1, 0.15) is 0 Å². The average Bonchev–Trinajstić information content (AvgIpc) is 2.39. The first-order valence-corrected chi connectivity index (χ1v) is 5.23. The maximum atomic E-state index is 11.0. The molecule has 0 unspecified atom stereocenters. The topological polar surface area (TPSA) is 47.8 Å². The molecule has 17 heavy (non-hydrogen) atoms. The largest absolute Gasteiger partial charge is 0.288 e. The van der Waals surface area contributed by atoms with Gasteiger partial charge in [-0.25, -0.2) is 4.68 Å². The molecule has 4 nitrogen and oxygen atoms in total. The normalized spacial score (nSPS) is 10.6. The summed E-state index contributed by atoms with van der Waals surface area (Å²) >= 11 is 0. The number of pyridine rings is 1. The third-order valence-electron chi connectivity index (χ3n) is 2.58. The van der Waals surface area contributed by atoms with E-state index in [2.05, 4.69) is 10.1 Å². The van der Waals surface area contributed by atoms with E-state index in [0.29, 0.717) is 0 Å². The smallest absolute Gasteiger partial charge is 0.200 e. The van der Waals surface area contributed by atoms with Crippen LogP contribution in [-0.4, -0.2) is 14.8 Å². The summed E-state index contributed by atoms with van der Waals surface area (Å²) in [5, 5.41) is 6.16. The average molecular weight is 223 g/mol. The predicted octanol–water partition coefficient (Wildman–Crippen LogP) is 1.78. The fourth-order valence-electron chi connectivity index (χ4n) is 1.77. The summed E-state index contributed by atoms with van der Waals surface area (Å²) in [6.45, 7) is 0. The van der Waals surface area contributed by atoms with Crippen molar-refractivity contribution in [3.05, 3.63) is 65.3 Å². The molecule has 0 aliphatic carbocycles. The lowest BCUT2D eigenvalue weighted by atomic mass is 10.1. The molecule has 3 aromatic rings. The Morgan fingerprint density at radius 1 is 1.00 bits per heavy atom. The summed E-state index contributed by atoms with van der Waals surface area (Å²) in [6, 6.07) is 9.41. The van der Waals surface area contributed by atoms with Crippen molar-refractivity contribution >= 4 is 10.8 Å². The first kappa shape index (κ1) is 9.72. The van der Waals surface area contributed by atoms with Gasteiger partial charge in [0.05, 0.1) is 18.1 Å². The maximum Gasteiger partial charge on any atom is 0.200 e. The molecule has 0 N–H and O–H groups in total. The third-order valence-corrected chi connectivity index (χ3v) is 2.58. The first-order chi connectivity index (χ1) is 8.34. The van der Waals surface area contributed by atoms with Gasteiger partial charge in [-0.05, 0) is 0 Å². The molecule has 0 saturated carbocycles. The molecule has 3 rings (SSSR count). The zero-order valence-corrected chi connectivity index (χ0v) is 8.95. The quantitative estimate of drug-likeness (QED) is 0.631. The Morgan fingerprint density at radius 3 is 2.71 bits per heavy atom. The van der Waals surface area contributed by atoms with E-state index < -0.39 is 0 Å². The van der Waals surface area contributed by atoms with Gasteiger partial charge < -0.3 is 0 Å². The second kappa shape index (κ2) is 3.83.